The molecule has 7 heteroatoms. The molecule has 0 saturated carbocycles. The van der Waals surface area contributed by atoms with Gasteiger partial charge in [-0.15, -0.1) is 0 Å². The first-order chi connectivity index (χ1) is 12.5. The van der Waals surface area contributed by atoms with Crippen LogP contribution in [0.1, 0.15) is 35.8 Å². The Labute approximate surface area is 150 Å². The van der Waals surface area contributed by atoms with Gasteiger partial charge >= 0.3 is 5.97 Å². The molecular weight excluding hydrogens is 336 g/mol. The van der Waals surface area contributed by atoms with E-state index < -0.39 is 17.5 Å². The Morgan fingerprint density at radius 1 is 1.23 bits per heavy atom. The zero-order valence-corrected chi connectivity index (χ0v) is 14.5. The largest absolute Gasteiger partial charge is 0.504 e. The maximum absolute atomic E-state index is 12.4. The van der Waals surface area contributed by atoms with Gasteiger partial charge in [-0.1, -0.05) is 0 Å². The molecule has 134 valence electrons. The third kappa shape index (κ3) is 4.36. The molecule has 2 aromatic rings. The number of ether oxygens (including phenoxy) is 2. The second-order valence-electron chi connectivity index (χ2n) is 5.32. The van der Waals surface area contributed by atoms with Crippen molar-refractivity contribution in [2.75, 3.05) is 13.7 Å². The van der Waals surface area contributed by atoms with Crippen LogP contribution in [0.3, 0.4) is 0 Å². The number of pyridine rings is 1. The molecule has 0 spiro atoms. The number of Topliss-reactive ketones (excluding diaryl/α,β-unsaturated/α-hetero) is 1. The van der Waals surface area contributed by atoms with E-state index in [0.717, 1.165) is 0 Å². The fraction of sp³-hybridized carbons (Fsp3) is 0.263. The number of benzene rings is 1. The molecule has 0 saturated heterocycles. The van der Waals surface area contributed by atoms with Gasteiger partial charge in [0.2, 0.25) is 0 Å². The Kier molecular flexibility index (Phi) is 6.28. The van der Waals surface area contributed by atoms with Gasteiger partial charge in [-0.05, 0) is 37.3 Å². The van der Waals surface area contributed by atoms with Crippen LogP contribution in [-0.2, 0) is 9.53 Å². The Morgan fingerprint density at radius 3 is 2.50 bits per heavy atom. The van der Waals surface area contributed by atoms with Crippen LogP contribution < -0.4 is 4.74 Å². The fourth-order valence-electron chi connectivity index (χ4n) is 2.29. The third-order valence-electron chi connectivity index (χ3n) is 3.62. The number of hydrogen-bond donors (Lipinski definition) is 1. The van der Waals surface area contributed by atoms with Crippen molar-refractivity contribution in [3.8, 4) is 28.8 Å². The minimum atomic E-state index is -0.539. The highest BCUT2D eigenvalue weighted by Crippen LogP contribution is 2.28. The number of ketones is 1. The van der Waals surface area contributed by atoms with Gasteiger partial charge in [0, 0.05) is 12.0 Å². The van der Waals surface area contributed by atoms with Gasteiger partial charge in [0.1, 0.15) is 17.5 Å². The molecule has 0 radical (unpaired) electrons. The van der Waals surface area contributed by atoms with E-state index >= 15 is 0 Å². The molecule has 0 bridgehead atoms. The summed E-state index contributed by atoms with van der Waals surface area (Å²) in [4.78, 5) is 28.0. The zero-order valence-electron chi connectivity index (χ0n) is 14.5. The summed E-state index contributed by atoms with van der Waals surface area (Å²) in [7, 11) is 1.54. The van der Waals surface area contributed by atoms with E-state index in [1.54, 1.807) is 38.3 Å². The highest BCUT2D eigenvalue weighted by Gasteiger charge is 2.20. The fourth-order valence-corrected chi connectivity index (χ4v) is 2.29. The van der Waals surface area contributed by atoms with Gasteiger partial charge in [-0.3, -0.25) is 9.59 Å². The molecule has 0 aliphatic rings. The Bertz CT molecular complexity index is 853. The number of hydrogen-bond acceptors (Lipinski definition) is 7. The summed E-state index contributed by atoms with van der Waals surface area (Å²) in [6, 6.07) is 10.1. The topological polar surface area (TPSA) is 110 Å². The van der Waals surface area contributed by atoms with E-state index in [-0.39, 0.29) is 30.7 Å². The van der Waals surface area contributed by atoms with Crippen molar-refractivity contribution < 1.29 is 24.2 Å². The number of carbonyl (C=O) groups is 2. The highest BCUT2D eigenvalue weighted by atomic mass is 16.5. The molecule has 1 aromatic carbocycles. The second kappa shape index (κ2) is 8.62. The van der Waals surface area contributed by atoms with Crippen molar-refractivity contribution in [3.63, 3.8) is 0 Å². The summed E-state index contributed by atoms with van der Waals surface area (Å²) < 4.78 is 9.87. The van der Waals surface area contributed by atoms with E-state index in [2.05, 4.69) is 4.98 Å². The molecule has 0 atom stereocenters. The van der Waals surface area contributed by atoms with Crippen LogP contribution in [0.25, 0.3) is 11.3 Å². The number of carbonyl (C=O) groups excluding carboxylic acids is 2. The van der Waals surface area contributed by atoms with Crippen LogP contribution in [0.5, 0.6) is 11.5 Å². The first kappa shape index (κ1) is 18.9. The predicted octanol–water partition coefficient (Wildman–Crippen LogP) is 2.86. The molecule has 1 N–H and O–H groups in total. The molecule has 0 aliphatic heterocycles. The zero-order chi connectivity index (χ0) is 19.1. The molecule has 0 unspecified atom stereocenters. The number of nitrogens with zero attached hydrogens (tertiary/aromatic N) is 2. The standard InChI is InChI=1S/C19H18N2O5/c1-3-26-17(23)9-8-16(22)18-19(24)13(11-20)10-15(21-18)12-4-6-14(25-2)7-5-12/h4-7,10,24H,3,8-9H2,1-2H3. The van der Waals surface area contributed by atoms with Gasteiger partial charge < -0.3 is 14.6 Å². The number of rotatable bonds is 7. The van der Waals surface area contributed by atoms with E-state index in [1.165, 1.54) is 6.07 Å². The summed E-state index contributed by atoms with van der Waals surface area (Å²) in [6.45, 7) is 1.90. The third-order valence-corrected chi connectivity index (χ3v) is 3.62. The molecule has 0 amide bonds. The van der Waals surface area contributed by atoms with E-state index in [4.69, 9.17) is 9.47 Å². The molecule has 0 aliphatic carbocycles. The van der Waals surface area contributed by atoms with Crippen molar-refractivity contribution in [2.24, 2.45) is 0 Å². The molecule has 7 nitrogen and oxygen atoms in total. The average molecular weight is 354 g/mol. The van der Waals surface area contributed by atoms with Crippen LogP contribution in [-0.4, -0.2) is 35.6 Å². The monoisotopic (exact) mass is 354 g/mol. The lowest BCUT2D eigenvalue weighted by Crippen LogP contribution is -2.10. The number of methoxy groups -OCH3 is 1. The van der Waals surface area contributed by atoms with Crippen molar-refractivity contribution in [2.45, 2.75) is 19.8 Å². The van der Waals surface area contributed by atoms with Crippen LogP contribution in [0, 0.1) is 11.3 Å². The predicted molar refractivity (Wildman–Crippen MR) is 92.8 cm³/mol. The Balaban J connectivity index is 2.35. The van der Waals surface area contributed by atoms with E-state index in [0.29, 0.717) is 17.0 Å². The summed E-state index contributed by atoms with van der Waals surface area (Å²) >= 11 is 0. The summed E-state index contributed by atoms with van der Waals surface area (Å²) in [5, 5.41) is 19.4. The number of esters is 1. The lowest BCUT2D eigenvalue weighted by Gasteiger charge is -2.09. The van der Waals surface area contributed by atoms with E-state index in [9.17, 15) is 20.0 Å². The van der Waals surface area contributed by atoms with E-state index in [1.807, 2.05) is 6.07 Å². The molecule has 0 fully saturated rings. The quantitative estimate of drug-likeness (QED) is 0.601. The van der Waals surface area contributed by atoms with Gasteiger partial charge in [0.05, 0.1) is 31.4 Å². The van der Waals surface area contributed by atoms with Gasteiger partial charge in [-0.25, -0.2) is 4.98 Å². The summed E-state index contributed by atoms with van der Waals surface area (Å²) in [5.41, 5.74) is 0.715. The van der Waals surface area contributed by atoms with Crippen LogP contribution in [0.4, 0.5) is 0 Å². The Hall–Kier alpha value is -3.40. The maximum atomic E-state index is 12.4. The van der Waals surface area contributed by atoms with Crippen molar-refractivity contribution in [1.29, 1.82) is 5.26 Å². The summed E-state index contributed by atoms with van der Waals surface area (Å²) in [6.07, 6.45) is -0.293. The highest BCUT2D eigenvalue weighted by molar-refractivity contribution is 5.99. The number of nitriles is 1. The average Bonchev–Trinajstić information content (AvgIpc) is 2.66. The van der Waals surface area contributed by atoms with Crippen LogP contribution in [0.2, 0.25) is 0 Å². The Morgan fingerprint density at radius 2 is 1.92 bits per heavy atom. The van der Waals surface area contributed by atoms with Gasteiger partial charge in [0.25, 0.3) is 0 Å². The number of aromatic hydroxyl groups is 1. The molecular formula is C19H18N2O5. The van der Waals surface area contributed by atoms with Crippen LogP contribution >= 0.6 is 0 Å². The minimum Gasteiger partial charge on any atom is -0.504 e. The second-order valence-corrected chi connectivity index (χ2v) is 5.32. The van der Waals surface area contributed by atoms with Gasteiger partial charge in [-0.2, -0.15) is 5.26 Å². The first-order valence-electron chi connectivity index (χ1n) is 7.97. The number of aromatic nitrogens is 1. The smallest absolute Gasteiger partial charge is 0.306 e. The summed E-state index contributed by atoms with van der Waals surface area (Å²) in [5.74, 6) is -0.882. The van der Waals surface area contributed by atoms with Gasteiger partial charge in [0.15, 0.2) is 11.5 Å². The van der Waals surface area contributed by atoms with Crippen molar-refractivity contribution >= 4 is 11.8 Å². The van der Waals surface area contributed by atoms with Crippen molar-refractivity contribution in [1.82, 2.24) is 4.98 Å². The molecule has 2 rings (SSSR count). The lowest BCUT2D eigenvalue weighted by atomic mass is 10.0. The normalized spacial score (nSPS) is 10.0. The first-order valence-corrected chi connectivity index (χ1v) is 7.97. The van der Waals surface area contributed by atoms with Crippen molar-refractivity contribution in [3.05, 3.63) is 41.6 Å². The molecule has 26 heavy (non-hydrogen) atoms. The SMILES string of the molecule is CCOC(=O)CCC(=O)c1nc(-c2ccc(OC)cc2)cc(C#N)c1O. The lowest BCUT2D eigenvalue weighted by molar-refractivity contribution is -0.143. The molecule has 1 aromatic heterocycles. The van der Waals surface area contributed by atoms with Crippen LogP contribution in [0.15, 0.2) is 30.3 Å². The molecule has 1 heterocycles. The maximum Gasteiger partial charge on any atom is 0.306 e. The minimum absolute atomic E-state index is 0.0645.